The Balaban J connectivity index is 1.44. The number of carbonyl (C=O) groups is 1. The highest BCUT2D eigenvalue weighted by Gasteiger charge is 2.09. The Kier molecular flexibility index (Phi) is 6.35. The highest BCUT2D eigenvalue weighted by Crippen LogP contribution is 2.13. The zero-order valence-electron chi connectivity index (χ0n) is 15.2. The van der Waals surface area contributed by atoms with E-state index in [9.17, 15) is 4.79 Å². The summed E-state index contributed by atoms with van der Waals surface area (Å²) >= 11 is 0. The van der Waals surface area contributed by atoms with Crippen LogP contribution in [-0.2, 0) is 19.7 Å². The fraction of sp³-hybridized carbons (Fsp3) is 0.190. The van der Waals surface area contributed by atoms with E-state index in [1.54, 1.807) is 24.3 Å². The van der Waals surface area contributed by atoms with Crippen LogP contribution in [0.25, 0.3) is 0 Å². The summed E-state index contributed by atoms with van der Waals surface area (Å²) in [5.41, 5.74) is 2.73. The lowest BCUT2D eigenvalue weighted by Gasteiger charge is -2.17. The predicted molar refractivity (Wildman–Crippen MR) is 103 cm³/mol. The van der Waals surface area contributed by atoms with Gasteiger partial charge in [0.25, 0.3) is 0 Å². The van der Waals surface area contributed by atoms with Crippen LogP contribution < -0.4 is 10.1 Å². The number of amides is 2. The zero-order chi connectivity index (χ0) is 18.9. The average Bonchev–Trinajstić information content (AvgIpc) is 2.72. The third-order valence-electron chi connectivity index (χ3n) is 3.95. The highest BCUT2D eigenvalue weighted by molar-refractivity contribution is 5.73. The second kappa shape index (κ2) is 9.33. The highest BCUT2D eigenvalue weighted by atomic mass is 16.5. The molecule has 0 bridgehead atoms. The lowest BCUT2D eigenvalue weighted by molar-refractivity contribution is 0.206. The first kappa shape index (κ1) is 18.4. The van der Waals surface area contributed by atoms with Crippen LogP contribution in [0.5, 0.6) is 5.75 Å². The van der Waals surface area contributed by atoms with Gasteiger partial charge in [-0.25, -0.2) is 4.79 Å². The summed E-state index contributed by atoms with van der Waals surface area (Å²) in [6.07, 6.45) is 3.47. The number of hydrogen-bond donors (Lipinski definition) is 1. The maximum atomic E-state index is 12.2. The summed E-state index contributed by atoms with van der Waals surface area (Å²) in [6, 6.07) is 18.9. The first-order chi connectivity index (χ1) is 13.2. The molecule has 0 atom stereocenters. The maximum absolute atomic E-state index is 12.2. The van der Waals surface area contributed by atoms with Crippen molar-refractivity contribution < 1.29 is 9.53 Å². The fourth-order valence-electron chi connectivity index (χ4n) is 2.46. The van der Waals surface area contributed by atoms with Crippen LogP contribution >= 0.6 is 0 Å². The molecular formula is C21H22N4O2. The minimum Gasteiger partial charge on any atom is -0.487 e. The van der Waals surface area contributed by atoms with Gasteiger partial charge in [-0.3, -0.25) is 9.97 Å². The van der Waals surface area contributed by atoms with Gasteiger partial charge in [0.05, 0.1) is 17.9 Å². The Hall–Kier alpha value is -3.41. The molecule has 2 heterocycles. The van der Waals surface area contributed by atoms with Crippen LogP contribution in [0.4, 0.5) is 4.79 Å². The summed E-state index contributed by atoms with van der Waals surface area (Å²) in [5, 5.41) is 2.90. The smallest absolute Gasteiger partial charge is 0.317 e. The van der Waals surface area contributed by atoms with Gasteiger partial charge in [-0.2, -0.15) is 0 Å². The third kappa shape index (κ3) is 5.81. The van der Waals surface area contributed by atoms with E-state index in [1.807, 2.05) is 60.7 Å². The molecule has 2 aromatic heterocycles. The van der Waals surface area contributed by atoms with E-state index < -0.39 is 0 Å². The first-order valence-corrected chi connectivity index (χ1v) is 8.71. The second-order valence-electron chi connectivity index (χ2n) is 6.09. The van der Waals surface area contributed by atoms with Crippen LogP contribution in [0, 0.1) is 0 Å². The molecule has 1 N–H and O–H groups in total. The number of pyridine rings is 2. The van der Waals surface area contributed by atoms with Gasteiger partial charge in [-0.1, -0.05) is 24.3 Å². The van der Waals surface area contributed by atoms with E-state index in [-0.39, 0.29) is 6.03 Å². The largest absolute Gasteiger partial charge is 0.487 e. The lowest BCUT2D eigenvalue weighted by Crippen LogP contribution is -2.36. The van der Waals surface area contributed by atoms with Crippen molar-refractivity contribution in [3.8, 4) is 5.75 Å². The van der Waals surface area contributed by atoms with E-state index in [0.29, 0.717) is 19.7 Å². The molecule has 0 saturated heterocycles. The molecule has 0 unspecified atom stereocenters. The molecular weight excluding hydrogens is 340 g/mol. The Morgan fingerprint density at radius 3 is 2.26 bits per heavy atom. The third-order valence-corrected chi connectivity index (χ3v) is 3.95. The van der Waals surface area contributed by atoms with Crippen LogP contribution in [0.3, 0.4) is 0 Å². The van der Waals surface area contributed by atoms with Crippen LogP contribution in [0.15, 0.2) is 73.1 Å². The summed E-state index contributed by atoms with van der Waals surface area (Å²) in [5.74, 6) is 0.767. The van der Waals surface area contributed by atoms with E-state index in [2.05, 4.69) is 15.3 Å². The molecule has 6 heteroatoms. The number of nitrogens with one attached hydrogen (secondary N) is 1. The standard InChI is InChI=1S/C21H22N4O2/c1-25(15-18-6-2-4-12-22-18)21(26)24-14-17-8-10-20(11-9-17)27-16-19-7-3-5-13-23-19/h2-13H,14-16H2,1H3,(H,24,26). The molecule has 138 valence electrons. The molecule has 3 aromatic rings. The molecule has 3 rings (SSSR count). The number of urea groups is 1. The van der Waals surface area contributed by atoms with Crippen molar-refractivity contribution in [2.24, 2.45) is 0 Å². The van der Waals surface area contributed by atoms with E-state index in [0.717, 1.165) is 22.7 Å². The molecule has 0 fully saturated rings. The normalized spacial score (nSPS) is 10.3. The Morgan fingerprint density at radius 1 is 0.963 bits per heavy atom. The molecule has 0 aliphatic heterocycles. The molecule has 27 heavy (non-hydrogen) atoms. The molecule has 0 saturated carbocycles. The summed E-state index contributed by atoms with van der Waals surface area (Å²) in [7, 11) is 1.75. The van der Waals surface area contributed by atoms with Gasteiger partial charge in [-0.05, 0) is 42.0 Å². The van der Waals surface area contributed by atoms with E-state index in [4.69, 9.17) is 4.74 Å². The number of ether oxygens (including phenoxy) is 1. The Morgan fingerprint density at radius 2 is 1.63 bits per heavy atom. The number of hydrogen-bond acceptors (Lipinski definition) is 4. The summed E-state index contributed by atoms with van der Waals surface area (Å²) in [4.78, 5) is 22.3. The quantitative estimate of drug-likeness (QED) is 0.699. The Bertz CT molecular complexity index is 839. The number of benzene rings is 1. The van der Waals surface area contributed by atoms with Gasteiger partial charge in [-0.15, -0.1) is 0 Å². The fourth-order valence-corrected chi connectivity index (χ4v) is 2.46. The molecule has 1 aromatic carbocycles. The van der Waals surface area contributed by atoms with Crippen molar-refractivity contribution in [2.45, 2.75) is 19.7 Å². The molecule has 0 spiro atoms. The summed E-state index contributed by atoms with van der Waals surface area (Å²) < 4.78 is 5.71. The molecule has 0 aliphatic carbocycles. The van der Waals surface area contributed by atoms with Gasteiger partial charge >= 0.3 is 6.03 Å². The maximum Gasteiger partial charge on any atom is 0.317 e. The molecule has 0 radical (unpaired) electrons. The van der Waals surface area contributed by atoms with Gasteiger partial charge in [0.2, 0.25) is 0 Å². The Labute approximate surface area is 158 Å². The van der Waals surface area contributed by atoms with Crippen molar-refractivity contribution >= 4 is 6.03 Å². The van der Waals surface area contributed by atoms with E-state index in [1.165, 1.54) is 0 Å². The topological polar surface area (TPSA) is 67.4 Å². The van der Waals surface area contributed by atoms with Crippen molar-refractivity contribution in [3.05, 3.63) is 90.0 Å². The van der Waals surface area contributed by atoms with Gasteiger partial charge in [0, 0.05) is 26.0 Å². The van der Waals surface area contributed by atoms with Crippen LogP contribution in [0.2, 0.25) is 0 Å². The van der Waals surface area contributed by atoms with Gasteiger partial charge in [0.15, 0.2) is 0 Å². The minimum absolute atomic E-state index is 0.142. The van der Waals surface area contributed by atoms with Crippen molar-refractivity contribution in [1.29, 1.82) is 0 Å². The average molecular weight is 362 g/mol. The lowest BCUT2D eigenvalue weighted by atomic mass is 10.2. The van der Waals surface area contributed by atoms with Crippen LogP contribution in [0.1, 0.15) is 17.0 Å². The minimum atomic E-state index is -0.142. The summed E-state index contributed by atoms with van der Waals surface area (Å²) in [6.45, 7) is 1.34. The zero-order valence-corrected chi connectivity index (χ0v) is 15.2. The van der Waals surface area contributed by atoms with Gasteiger partial charge in [0.1, 0.15) is 12.4 Å². The van der Waals surface area contributed by atoms with Crippen LogP contribution in [-0.4, -0.2) is 27.9 Å². The van der Waals surface area contributed by atoms with Crippen molar-refractivity contribution in [1.82, 2.24) is 20.2 Å². The van der Waals surface area contributed by atoms with E-state index >= 15 is 0 Å². The number of nitrogens with zero attached hydrogens (tertiary/aromatic N) is 3. The van der Waals surface area contributed by atoms with Gasteiger partial charge < -0.3 is 15.0 Å². The SMILES string of the molecule is CN(Cc1ccccn1)C(=O)NCc1ccc(OCc2ccccn2)cc1. The number of rotatable bonds is 7. The molecule has 6 nitrogen and oxygen atoms in total. The number of carbonyl (C=O) groups excluding carboxylic acids is 1. The predicted octanol–water partition coefficient (Wildman–Crippen LogP) is 3.40. The second-order valence-corrected chi connectivity index (χ2v) is 6.09. The number of aromatic nitrogens is 2. The monoisotopic (exact) mass is 362 g/mol. The van der Waals surface area contributed by atoms with Crippen molar-refractivity contribution in [3.63, 3.8) is 0 Å². The van der Waals surface area contributed by atoms with Crippen molar-refractivity contribution in [2.75, 3.05) is 7.05 Å². The molecule has 2 amide bonds. The molecule has 0 aliphatic rings. The first-order valence-electron chi connectivity index (χ1n) is 8.71.